The number of rotatable bonds is 4. The van der Waals surface area contributed by atoms with Crippen molar-refractivity contribution in [2.75, 3.05) is 19.6 Å². The van der Waals surface area contributed by atoms with Crippen molar-refractivity contribution in [1.82, 2.24) is 4.90 Å². The Labute approximate surface area is 123 Å². The van der Waals surface area contributed by atoms with Gasteiger partial charge in [-0.05, 0) is 67.9 Å². The van der Waals surface area contributed by atoms with Gasteiger partial charge in [0.05, 0.1) is 0 Å². The van der Waals surface area contributed by atoms with Crippen LogP contribution in [0.25, 0.3) is 0 Å². The van der Waals surface area contributed by atoms with Crippen molar-refractivity contribution >= 4 is 11.6 Å². The van der Waals surface area contributed by atoms with Crippen molar-refractivity contribution in [3.05, 3.63) is 34.3 Å². The first-order chi connectivity index (χ1) is 9.11. The van der Waals surface area contributed by atoms with Crippen LogP contribution in [0.3, 0.4) is 0 Å². The number of halogens is 1. The molecule has 0 atom stereocenters. The molecule has 1 aromatic carbocycles. The van der Waals surface area contributed by atoms with Gasteiger partial charge >= 0.3 is 0 Å². The van der Waals surface area contributed by atoms with E-state index >= 15 is 0 Å². The van der Waals surface area contributed by atoms with E-state index in [-0.39, 0.29) is 0 Å². The molecular weight excluding hydrogens is 254 g/mol. The predicted molar refractivity (Wildman–Crippen MR) is 84.2 cm³/mol. The largest absolute Gasteiger partial charge is 0.303 e. The van der Waals surface area contributed by atoms with Gasteiger partial charge in [0, 0.05) is 5.02 Å². The van der Waals surface area contributed by atoms with Crippen molar-refractivity contribution in [1.29, 1.82) is 0 Å². The highest BCUT2D eigenvalue weighted by Crippen LogP contribution is 2.34. The number of piperidine rings is 1. The standard InChI is InChI=1S/C17H26ClN/c1-4-9-19-10-7-14(8-11-19)16-6-5-15(13(2)3)12-17(16)18/h5-6,12-14H,4,7-11H2,1-3H3. The first-order valence-electron chi connectivity index (χ1n) is 7.63. The lowest BCUT2D eigenvalue weighted by Gasteiger charge is -2.32. The van der Waals surface area contributed by atoms with Gasteiger partial charge in [0.2, 0.25) is 0 Å². The van der Waals surface area contributed by atoms with Gasteiger partial charge in [-0.3, -0.25) is 0 Å². The summed E-state index contributed by atoms with van der Waals surface area (Å²) in [5.41, 5.74) is 2.71. The maximum absolute atomic E-state index is 6.49. The van der Waals surface area contributed by atoms with Crippen LogP contribution in [0.5, 0.6) is 0 Å². The number of nitrogens with zero attached hydrogens (tertiary/aromatic N) is 1. The van der Waals surface area contributed by atoms with Gasteiger partial charge in [0.25, 0.3) is 0 Å². The number of hydrogen-bond donors (Lipinski definition) is 0. The number of likely N-dealkylation sites (tertiary alicyclic amines) is 1. The van der Waals surface area contributed by atoms with Gasteiger partial charge in [-0.1, -0.05) is 44.5 Å². The quantitative estimate of drug-likeness (QED) is 0.745. The van der Waals surface area contributed by atoms with Crippen molar-refractivity contribution < 1.29 is 0 Å². The molecule has 0 radical (unpaired) electrons. The molecule has 0 saturated carbocycles. The van der Waals surface area contributed by atoms with E-state index < -0.39 is 0 Å². The van der Waals surface area contributed by atoms with Gasteiger partial charge in [-0.25, -0.2) is 0 Å². The summed E-state index contributed by atoms with van der Waals surface area (Å²) in [6.45, 7) is 10.4. The van der Waals surface area contributed by atoms with Crippen LogP contribution in [0.15, 0.2) is 18.2 Å². The third kappa shape index (κ3) is 3.73. The zero-order valence-corrected chi connectivity index (χ0v) is 13.2. The number of benzene rings is 1. The summed E-state index contributed by atoms with van der Waals surface area (Å²) >= 11 is 6.49. The molecule has 0 N–H and O–H groups in total. The van der Waals surface area contributed by atoms with E-state index in [1.54, 1.807) is 0 Å². The molecule has 1 saturated heterocycles. The van der Waals surface area contributed by atoms with Crippen LogP contribution in [-0.4, -0.2) is 24.5 Å². The lowest BCUT2D eigenvalue weighted by molar-refractivity contribution is 0.213. The van der Waals surface area contributed by atoms with Gasteiger partial charge in [0.1, 0.15) is 0 Å². The molecule has 0 aliphatic carbocycles. The molecule has 2 rings (SSSR count). The van der Waals surface area contributed by atoms with Crippen molar-refractivity contribution in [2.45, 2.75) is 51.9 Å². The van der Waals surface area contributed by atoms with E-state index in [9.17, 15) is 0 Å². The Balaban J connectivity index is 2.03. The summed E-state index contributed by atoms with van der Waals surface area (Å²) in [5, 5.41) is 0.972. The van der Waals surface area contributed by atoms with Gasteiger partial charge in [-0.2, -0.15) is 0 Å². The molecule has 2 heteroatoms. The lowest BCUT2D eigenvalue weighted by atomic mass is 9.88. The molecule has 106 valence electrons. The second-order valence-corrected chi connectivity index (χ2v) is 6.46. The molecule has 0 amide bonds. The summed E-state index contributed by atoms with van der Waals surface area (Å²) in [6, 6.07) is 6.68. The zero-order chi connectivity index (χ0) is 13.8. The summed E-state index contributed by atoms with van der Waals surface area (Å²) in [5.74, 6) is 1.21. The van der Waals surface area contributed by atoms with E-state index in [2.05, 4.69) is 43.9 Å². The van der Waals surface area contributed by atoms with Gasteiger partial charge < -0.3 is 4.90 Å². The van der Waals surface area contributed by atoms with E-state index in [4.69, 9.17) is 11.6 Å². The fraction of sp³-hybridized carbons (Fsp3) is 0.647. The highest BCUT2D eigenvalue weighted by molar-refractivity contribution is 6.31. The van der Waals surface area contributed by atoms with Crippen LogP contribution < -0.4 is 0 Å². The second-order valence-electron chi connectivity index (χ2n) is 6.05. The molecule has 1 aliphatic heterocycles. The smallest absolute Gasteiger partial charge is 0.0443 e. The van der Waals surface area contributed by atoms with E-state index in [1.807, 2.05) is 0 Å². The second kappa shape index (κ2) is 6.76. The van der Waals surface area contributed by atoms with Crippen LogP contribution in [0, 0.1) is 0 Å². The fourth-order valence-corrected chi connectivity index (χ4v) is 3.36. The highest BCUT2D eigenvalue weighted by atomic mass is 35.5. The molecule has 0 spiro atoms. The Morgan fingerprint density at radius 1 is 1.26 bits per heavy atom. The van der Waals surface area contributed by atoms with E-state index in [1.165, 1.54) is 50.0 Å². The third-order valence-corrected chi connectivity index (χ3v) is 4.59. The normalized spacial score (nSPS) is 18.2. The fourth-order valence-electron chi connectivity index (χ4n) is 3.02. The predicted octanol–water partition coefficient (Wildman–Crippen LogP) is 5.05. The Hall–Kier alpha value is -0.530. The first-order valence-corrected chi connectivity index (χ1v) is 8.01. The SMILES string of the molecule is CCCN1CCC(c2ccc(C(C)C)cc2Cl)CC1. The summed E-state index contributed by atoms with van der Waals surface area (Å²) in [6.07, 6.45) is 3.76. The van der Waals surface area contributed by atoms with Crippen LogP contribution in [0.4, 0.5) is 0 Å². The highest BCUT2D eigenvalue weighted by Gasteiger charge is 2.21. The van der Waals surface area contributed by atoms with E-state index in [0.29, 0.717) is 11.8 Å². The monoisotopic (exact) mass is 279 g/mol. The molecule has 1 aliphatic rings. The molecule has 19 heavy (non-hydrogen) atoms. The van der Waals surface area contributed by atoms with Crippen molar-refractivity contribution in [3.8, 4) is 0 Å². The number of hydrogen-bond acceptors (Lipinski definition) is 1. The molecule has 0 unspecified atom stereocenters. The van der Waals surface area contributed by atoms with Crippen LogP contribution in [-0.2, 0) is 0 Å². The lowest BCUT2D eigenvalue weighted by Crippen LogP contribution is -2.33. The molecule has 1 aromatic rings. The molecule has 1 heterocycles. The average molecular weight is 280 g/mol. The van der Waals surface area contributed by atoms with Crippen molar-refractivity contribution in [3.63, 3.8) is 0 Å². The van der Waals surface area contributed by atoms with Gasteiger partial charge in [-0.15, -0.1) is 0 Å². The Bertz CT molecular complexity index is 406. The maximum Gasteiger partial charge on any atom is 0.0443 e. The minimum absolute atomic E-state index is 0.554. The Morgan fingerprint density at radius 2 is 1.95 bits per heavy atom. The van der Waals surface area contributed by atoms with Crippen molar-refractivity contribution in [2.24, 2.45) is 0 Å². The molecule has 0 bridgehead atoms. The van der Waals surface area contributed by atoms with Crippen LogP contribution in [0.1, 0.15) is 63.0 Å². The first kappa shape index (κ1) is 14.9. The summed E-state index contributed by atoms with van der Waals surface area (Å²) < 4.78 is 0. The van der Waals surface area contributed by atoms with Gasteiger partial charge in [0.15, 0.2) is 0 Å². The van der Waals surface area contributed by atoms with Crippen LogP contribution >= 0.6 is 11.6 Å². The molecule has 1 fully saturated rings. The van der Waals surface area contributed by atoms with Crippen LogP contribution in [0.2, 0.25) is 5.02 Å². The molecule has 0 aromatic heterocycles. The summed E-state index contributed by atoms with van der Waals surface area (Å²) in [7, 11) is 0. The topological polar surface area (TPSA) is 3.24 Å². The minimum Gasteiger partial charge on any atom is -0.303 e. The molecular formula is C17H26ClN. The summed E-state index contributed by atoms with van der Waals surface area (Å²) in [4.78, 5) is 2.58. The molecule has 1 nitrogen and oxygen atoms in total. The maximum atomic E-state index is 6.49. The third-order valence-electron chi connectivity index (χ3n) is 4.26. The van der Waals surface area contributed by atoms with E-state index in [0.717, 1.165) is 5.02 Å². The minimum atomic E-state index is 0.554. The zero-order valence-electron chi connectivity index (χ0n) is 12.5. The Morgan fingerprint density at radius 3 is 2.47 bits per heavy atom. The Kier molecular flexibility index (Phi) is 5.29. The average Bonchev–Trinajstić information content (AvgIpc) is 2.40.